The Hall–Kier alpha value is -3.93. The van der Waals surface area contributed by atoms with Crippen LogP contribution in [0.5, 0.6) is 5.75 Å². The van der Waals surface area contributed by atoms with Gasteiger partial charge in [-0.1, -0.05) is 51.1 Å². The normalized spacial score (nSPS) is 13.2. The first-order chi connectivity index (χ1) is 18.4. The second-order valence-electron chi connectivity index (χ2n) is 11.3. The van der Waals surface area contributed by atoms with E-state index in [-0.39, 0.29) is 23.1 Å². The molecule has 3 aromatic carbocycles. The van der Waals surface area contributed by atoms with E-state index >= 15 is 0 Å². The Morgan fingerprint density at radius 1 is 1.03 bits per heavy atom. The fraction of sp³-hybridized carbons (Fsp3) is 0.333. The highest BCUT2D eigenvalue weighted by atomic mass is 19.1. The van der Waals surface area contributed by atoms with E-state index < -0.39 is 11.9 Å². The smallest absolute Gasteiger partial charge is 0.251 e. The van der Waals surface area contributed by atoms with Crippen molar-refractivity contribution in [3.8, 4) is 5.75 Å². The van der Waals surface area contributed by atoms with Gasteiger partial charge in [0.2, 0.25) is 0 Å². The Kier molecular flexibility index (Phi) is 7.96. The number of aryl methyl sites for hydroxylation is 1. The van der Waals surface area contributed by atoms with Crippen LogP contribution in [0.3, 0.4) is 0 Å². The molecule has 0 saturated heterocycles. The number of hydrogen-bond acceptors (Lipinski definition) is 3. The zero-order valence-corrected chi connectivity index (χ0v) is 23.8. The molecule has 4 rings (SSSR count). The average Bonchev–Trinajstić information content (AvgIpc) is 3.14. The summed E-state index contributed by atoms with van der Waals surface area (Å²) < 4.78 is 21.8. The first kappa shape index (κ1) is 28.1. The van der Waals surface area contributed by atoms with Crippen LogP contribution >= 0.6 is 0 Å². The minimum absolute atomic E-state index is 0.0547. The van der Waals surface area contributed by atoms with E-state index in [0.29, 0.717) is 18.4 Å². The van der Waals surface area contributed by atoms with E-state index in [1.807, 2.05) is 39.0 Å². The molecule has 1 heterocycles. The van der Waals surface area contributed by atoms with E-state index in [0.717, 1.165) is 33.3 Å². The van der Waals surface area contributed by atoms with E-state index in [4.69, 9.17) is 4.74 Å². The number of nitrogens with one attached hydrogen (secondary N) is 1. The van der Waals surface area contributed by atoms with Gasteiger partial charge in [-0.25, -0.2) is 4.39 Å². The molecule has 39 heavy (non-hydrogen) atoms. The number of amides is 1. The molecule has 1 amide bonds. The van der Waals surface area contributed by atoms with Crippen molar-refractivity contribution < 1.29 is 18.7 Å². The van der Waals surface area contributed by atoms with Crippen LogP contribution in [-0.2, 0) is 16.8 Å². The quantitative estimate of drug-likeness (QED) is 0.246. The average molecular weight is 529 g/mol. The van der Waals surface area contributed by atoms with Crippen LogP contribution < -0.4 is 10.1 Å². The largest absolute Gasteiger partial charge is 0.480 e. The molecule has 1 aromatic heterocycles. The van der Waals surface area contributed by atoms with Gasteiger partial charge >= 0.3 is 0 Å². The van der Waals surface area contributed by atoms with Gasteiger partial charge in [0.25, 0.3) is 5.91 Å². The molecule has 0 unspecified atom stereocenters. The Balaban J connectivity index is 1.56. The number of nitrogens with zero attached hydrogens (tertiary/aromatic N) is 1. The summed E-state index contributed by atoms with van der Waals surface area (Å²) in [6, 6.07) is 18.7. The van der Waals surface area contributed by atoms with Gasteiger partial charge < -0.3 is 14.6 Å². The van der Waals surface area contributed by atoms with E-state index in [9.17, 15) is 14.0 Å². The van der Waals surface area contributed by atoms with Crippen LogP contribution in [0.2, 0.25) is 0 Å². The SMILES string of the molecule is Cc1c(C)n(Cc2ccc(F)c(O[C@@H](C)C=O)c2)c2ccc(C(=O)N[C@@H](C)c3ccc(C(C)(C)C)cc3)cc12. The predicted octanol–water partition coefficient (Wildman–Crippen LogP) is 7.20. The molecule has 0 radical (unpaired) electrons. The summed E-state index contributed by atoms with van der Waals surface area (Å²) in [4.78, 5) is 24.1. The maximum absolute atomic E-state index is 14.2. The van der Waals surface area contributed by atoms with Crippen molar-refractivity contribution >= 4 is 23.1 Å². The molecule has 1 N–H and O–H groups in total. The summed E-state index contributed by atoms with van der Waals surface area (Å²) in [5.74, 6) is -0.578. The molecule has 5 nitrogen and oxygen atoms in total. The van der Waals surface area contributed by atoms with Gasteiger partial charge in [0.1, 0.15) is 0 Å². The standard InChI is InChI=1S/C33H37FN2O3/c1-20(19-37)39-31-16-24(8-14-29(31)34)18-36-23(4)21(2)28-17-26(11-15-30(28)36)32(38)35-22(3)25-9-12-27(13-10-25)33(5,6)7/h8-17,19-20,22H,18H2,1-7H3,(H,35,38)/t20-,22-/m0/s1. The second kappa shape index (κ2) is 11.0. The molecular weight excluding hydrogens is 491 g/mol. The first-order valence-electron chi connectivity index (χ1n) is 13.3. The summed E-state index contributed by atoms with van der Waals surface area (Å²) in [6.07, 6.45) is -0.0998. The van der Waals surface area contributed by atoms with Crippen molar-refractivity contribution in [2.75, 3.05) is 0 Å². The Morgan fingerprint density at radius 2 is 1.72 bits per heavy atom. The van der Waals surface area contributed by atoms with Gasteiger partial charge in [0, 0.05) is 28.7 Å². The molecule has 4 aromatic rings. The zero-order chi connectivity index (χ0) is 28.5. The minimum Gasteiger partial charge on any atom is -0.480 e. The van der Waals surface area contributed by atoms with E-state index in [1.165, 1.54) is 11.6 Å². The summed E-state index contributed by atoms with van der Waals surface area (Å²) >= 11 is 0. The lowest BCUT2D eigenvalue weighted by Crippen LogP contribution is -2.26. The Morgan fingerprint density at radius 3 is 2.36 bits per heavy atom. The molecule has 0 aliphatic rings. The summed E-state index contributed by atoms with van der Waals surface area (Å²) in [6.45, 7) is 14.7. The number of carbonyl (C=O) groups excluding carboxylic acids is 2. The van der Waals surface area contributed by atoms with Crippen molar-refractivity contribution in [3.63, 3.8) is 0 Å². The Labute approximate surface area is 230 Å². The van der Waals surface area contributed by atoms with Crippen LogP contribution in [0.25, 0.3) is 10.9 Å². The number of aldehydes is 1. The van der Waals surface area contributed by atoms with E-state index in [2.05, 4.69) is 54.9 Å². The maximum Gasteiger partial charge on any atom is 0.251 e. The molecule has 0 saturated carbocycles. The summed E-state index contributed by atoms with van der Waals surface area (Å²) in [5.41, 5.74) is 6.96. The maximum atomic E-state index is 14.2. The third-order valence-corrected chi connectivity index (χ3v) is 7.37. The predicted molar refractivity (Wildman–Crippen MR) is 154 cm³/mol. The topological polar surface area (TPSA) is 60.3 Å². The zero-order valence-electron chi connectivity index (χ0n) is 23.8. The molecule has 2 atom stereocenters. The lowest BCUT2D eigenvalue weighted by molar-refractivity contribution is -0.113. The van der Waals surface area contributed by atoms with Crippen molar-refractivity contribution in [1.82, 2.24) is 9.88 Å². The molecule has 204 valence electrons. The third kappa shape index (κ3) is 6.06. The Bertz CT molecular complexity index is 1510. The van der Waals surface area contributed by atoms with Crippen molar-refractivity contribution in [1.29, 1.82) is 0 Å². The molecule has 0 aliphatic carbocycles. The molecule has 0 bridgehead atoms. The van der Waals surface area contributed by atoms with Gasteiger partial charge in [-0.2, -0.15) is 0 Å². The number of rotatable bonds is 8. The van der Waals surface area contributed by atoms with Gasteiger partial charge in [0.05, 0.1) is 6.04 Å². The van der Waals surface area contributed by atoms with Crippen molar-refractivity contribution in [2.24, 2.45) is 0 Å². The number of aromatic nitrogens is 1. The van der Waals surface area contributed by atoms with Crippen LogP contribution in [-0.4, -0.2) is 22.9 Å². The van der Waals surface area contributed by atoms with Gasteiger partial charge in [-0.15, -0.1) is 0 Å². The molecule has 0 fully saturated rings. The van der Waals surface area contributed by atoms with Crippen LogP contribution in [0, 0.1) is 19.7 Å². The monoisotopic (exact) mass is 528 g/mol. The number of benzene rings is 3. The highest BCUT2D eigenvalue weighted by molar-refractivity contribution is 5.99. The lowest BCUT2D eigenvalue weighted by Gasteiger charge is -2.21. The van der Waals surface area contributed by atoms with Crippen LogP contribution in [0.4, 0.5) is 4.39 Å². The summed E-state index contributed by atoms with van der Waals surface area (Å²) in [5, 5.41) is 4.12. The molecule has 6 heteroatoms. The van der Waals surface area contributed by atoms with Gasteiger partial charge in [0.15, 0.2) is 24.0 Å². The van der Waals surface area contributed by atoms with E-state index in [1.54, 1.807) is 19.1 Å². The molecule has 0 spiro atoms. The van der Waals surface area contributed by atoms with Crippen LogP contribution in [0.1, 0.15) is 79.0 Å². The van der Waals surface area contributed by atoms with Crippen LogP contribution in [0.15, 0.2) is 60.7 Å². The van der Waals surface area contributed by atoms with Crippen molar-refractivity contribution in [3.05, 3.63) is 100.0 Å². The molecular formula is C33H37FN2O3. The number of fused-ring (bicyclic) bond motifs is 1. The molecule has 0 aliphatic heterocycles. The van der Waals surface area contributed by atoms with Gasteiger partial charge in [-0.05, 0) is 85.7 Å². The fourth-order valence-corrected chi connectivity index (χ4v) is 4.78. The number of halogens is 1. The third-order valence-electron chi connectivity index (χ3n) is 7.37. The van der Waals surface area contributed by atoms with Gasteiger partial charge in [-0.3, -0.25) is 9.59 Å². The minimum atomic E-state index is -0.735. The van der Waals surface area contributed by atoms with Crippen molar-refractivity contribution in [2.45, 2.75) is 72.6 Å². The number of carbonyl (C=O) groups is 2. The summed E-state index contributed by atoms with van der Waals surface area (Å²) in [7, 11) is 0. The first-order valence-corrected chi connectivity index (χ1v) is 13.3. The lowest BCUT2D eigenvalue weighted by atomic mass is 9.86. The fourth-order valence-electron chi connectivity index (χ4n) is 4.78. The number of hydrogen-bond donors (Lipinski definition) is 1. The second-order valence-corrected chi connectivity index (χ2v) is 11.3. The number of ether oxygens (including phenoxy) is 1. The highest BCUT2D eigenvalue weighted by Crippen LogP contribution is 2.29. The highest BCUT2D eigenvalue weighted by Gasteiger charge is 2.18.